The number of alkyl halides is 4. The first-order valence-electron chi connectivity index (χ1n) is 5.98. The Morgan fingerprint density at radius 3 is 2.65 bits per heavy atom. The highest BCUT2D eigenvalue weighted by molar-refractivity contribution is 5.78. The van der Waals surface area contributed by atoms with Crippen LogP contribution in [0.3, 0.4) is 0 Å². The van der Waals surface area contributed by atoms with Crippen LogP contribution in [0.2, 0.25) is 0 Å². The van der Waals surface area contributed by atoms with Crippen LogP contribution in [0, 0.1) is 11.3 Å². The van der Waals surface area contributed by atoms with Crippen LogP contribution in [0.5, 0.6) is 0 Å². The molecule has 1 aromatic carbocycles. The van der Waals surface area contributed by atoms with E-state index in [1.165, 1.54) is 18.2 Å². The average molecular weight is 285 g/mol. The highest BCUT2D eigenvalue weighted by Gasteiger charge is 2.47. The molecule has 0 atom stereocenters. The van der Waals surface area contributed by atoms with E-state index in [9.17, 15) is 17.6 Å². The van der Waals surface area contributed by atoms with Gasteiger partial charge < -0.3 is 4.57 Å². The molecule has 0 aliphatic heterocycles. The second-order valence-corrected chi connectivity index (χ2v) is 4.33. The average Bonchev–Trinajstić information content (AvgIpc) is 2.77. The zero-order chi connectivity index (χ0) is 14.9. The van der Waals surface area contributed by atoms with E-state index in [1.54, 1.807) is 6.92 Å². The molecule has 1 aromatic heterocycles. The van der Waals surface area contributed by atoms with Crippen LogP contribution >= 0.6 is 0 Å². The summed E-state index contributed by atoms with van der Waals surface area (Å²) in [6.45, 7) is 1.90. The summed E-state index contributed by atoms with van der Waals surface area (Å²) in [5.74, 6) is -5.28. The summed E-state index contributed by atoms with van der Waals surface area (Å²) in [4.78, 5) is 3.61. The lowest BCUT2D eigenvalue weighted by atomic mass is 10.2. The first-order chi connectivity index (χ1) is 9.41. The molecule has 106 valence electrons. The number of imidazole rings is 1. The van der Waals surface area contributed by atoms with Gasteiger partial charge in [0.2, 0.25) is 0 Å². The van der Waals surface area contributed by atoms with Gasteiger partial charge in [0, 0.05) is 6.54 Å². The quantitative estimate of drug-likeness (QED) is 0.804. The molecule has 0 amide bonds. The molecule has 2 rings (SSSR count). The summed E-state index contributed by atoms with van der Waals surface area (Å²) in [6.07, 6.45) is -3.33. The molecule has 2 aromatic rings. The lowest BCUT2D eigenvalue weighted by Crippen LogP contribution is -2.28. The maximum absolute atomic E-state index is 13.6. The monoisotopic (exact) mass is 285 g/mol. The van der Waals surface area contributed by atoms with Crippen LogP contribution in [-0.2, 0) is 12.5 Å². The number of hydrogen-bond donors (Lipinski definition) is 0. The predicted octanol–water partition coefficient (Wildman–Crippen LogP) is 3.67. The lowest BCUT2D eigenvalue weighted by Gasteiger charge is -2.16. The molecule has 7 heteroatoms. The van der Waals surface area contributed by atoms with E-state index in [2.05, 4.69) is 4.98 Å². The van der Waals surface area contributed by atoms with Gasteiger partial charge in [0.1, 0.15) is 0 Å². The topological polar surface area (TPSA) is 41.6 Å². The van der Waals surface area contributed by atoms with E-state index in [1.807, 2.05) is 6.07 Å². The van der Waals surface area contributed by atoms with Crippen LogP contribution in [0.15, 0.2) is 18.2 Å². The van der Waals surface area contributed by atoms with Gasteiger partial charge in [-0.25, -0.2) is 13.8 Å². The van der Waals surface area contributed by atoms with Gasteiger partial charge in [-0.2, -0.15) is 14.0 Å². The molecular formula is C13H11F4N3. The van der Waals surface area contributed by atoms with Crippen molar-refractivity contribution in [3.8, 4) is 6.07 Å². The Bertz CT molecular complexity index is 670. The van der Waals surface area contributed by atoms with Crippen molar-refractivity contribution < 1.29 is 17.6 Å². The molecule has 0 fully saturated rings. The number of aromatic nitrogens is 2. The molecule has 0 radical (unpaired) electrons. The summed E-state index contributed by atoms with van der Waals surface area (Å²) < 4.78 is 53.3. The fourth-order valence-corrected chi connectivity index (χ4v) is 2.00. The van der Waals surface area contributed by atoms with E-state index in [0.29, 0.717) is 11.9 Å². The van der Waals surface area contributed by atoms with Crippen LogP contribution in [0.1, 0.15) is 24.7 Å². The van der Waals surface area contributed by atoms with Crippen molar-refractivity contribution >= 4 is 11.0 Å². The van der Waals surface area contributed by atoms with Crippen molar-refractivity contribution in [2.45, 2.75) is 32.2 Å². The van der Waals surface area contributed by atoms with Gasteiger partial charge in [0.05, 0.1) is 22.7 Å². The van der Waals surface area contributed by atoms with Crippen molar-refractivity contribution in [1.29, 1.82) is 5.26 Å². The fraction of sp³-hybridized carbons (Fsp3) is 0.385. The molecule has 0 saturated carbocycles. The van der Waals surface area contributed by atoms with Gasteiger partial charge in [-0.15, -0.1) is 0 Å². The zero-order valence-corrected chi connectivity index (χ0v) is 10.6. The van der Waals surface area contributed by atoms with Gasteiger partial charge in [0.15, 0.2) is 5.82 Å². The number of nitriles is 1. The first kappa shape index (κ1) is 14.3. The Morgan fingerprint density at radius 1 is 1.40 bits per heavy atom. The van der Waals surface area contributed by atoms with Crippen LogP contribution in [0.4, 0.5) is 17.6 Å². The summed E-state index contributed by atoms with van der Waals surface area (Å²) in [7, 11) is 0. The number of rotatable bonds is 4. The Morgan fingerprint density at radius 2 is 2.10 bits per heavy atom. The maximum Gasteiger partial charge on any atom is 0.364 e. The number of benzene rings is 1. The van der Waals surface area contributed by atoms with Crippen molar-refractivity contribution in [1.82, 2.24) is 9.55 Å². The van der Waals surface area contributed by atoms with Gasteiger partial charge in [-0.3, -0.25) is 0 Å². The molecular weight excluding hydrogens is 274 g/mol. The van der Waals surface area contributed by atoms with Gasteiger partial charge in [-0.1, -0.05) is 6.92 Å². The van der Waals surface area contributed by atoms with Crippen molar-refractivity contribution in [2.75, 3.05) is 0 Å². The van der Waals surface area contributed by atoms with Gasteiger partial charge >= 0.3 is 12.3 Å². The molecule has 0 bridgehead atoms. The van der Waals surface area contributed by atoms with Crippen LogP contribution in [-0.4, -0.2) is 16.0 Å². The fourth-order valence-electron chi connectivity index (χ4n) is 2.00. The normalized spacial score (nSPS) is 12.1. The SMILES string of the molecule is CCCn1c(C(F)(F)C(F)F)nc2cc(C#N)ccc21. The van der Waals surface area contributed by atoms with E-state index >= 15 is 0 Å². The lowest BCUT2D eigenvalue weighted by molar-refractivity contribution is -0.142. The number of aryl methyl sites for hydroxylation is 1. The minimum atomic E-state index is -4.32. The molecule has 0 N–H and O–H groups in total. The number of hydrogen-bond acceptors (Lipinski definition) is 2. The van der Waals surface area contributed by atoms with Crippen molar-refractivity contribution in [3.05, 3.63) is 29.6 Å². The molecule has 1 heterocycles. The molecule has 0 aliphatic carbocycles. The third kappa shape index (κ3) is 2.22. The van der Waals surface area contributed by atoms with E-state index < -0.39 is 18.2 Å². The molecule has 3 nitrogen and oxygen atoms in total. The number of halogens is 4. The first-order valence-corrected chi connectivity index (χ1v) is 5.98. The highest BCUT2D eigenvalue weighted by Crippen LogP contribution is 2.36. The van der Waals surface area contributed by atoms with Crippen molar-refractivity contribution in [2.24, 2.45) is 0 Å². The molecule has 0 saturated heterocycles. The molecule has 0 spiro atoms. The number of nitrogens with zero attached hydrogens (tertiary/aromatic N) is 3. The van der Waals surface area contributed by atoms with Crippen molar-refractivity contribution in [3.63, 3.8) is 0 Å². The summed E-state index contributed by atoms with van der Waals surface area (Å²) in [5.41, 5.74) is 0.680. The zero-order valence-electron chi connectivity index (χ0n) is 10.6. The Hall–Kier alpha value is -2.10. The molecule has 0 unspecified atom stereocenters. The summed E-state index contributed by atoms with van der Waals surface area (Å²) in [6, 6.07) is 6.06. The van der Waals surface area contributed by atoms with Crippen LogP contribution < -0.4 is 0 Å². The highest BCUT2D eigenvalue weighted by atomic mass is 19.3. The third-order valence-electron chi connectivity index (χ3n) is 2.90. The minimum absolute atomic E-state index is 0.118. The Labute approximate surface area is 112 Å². The minimum Gasteiger partial charge on any atom is -0.323 e. The summed E-state index contributed by atoms with van der Waals surface area (Å²) in [5, 5.41) is 8.77. The second-order valence-electron chi connectivity index (χ2n) is 4.33. The molecule has 0 aliphatic rings. The van der Waals surface area contributed by atoms with Crippen LogP contribution in [0.25, 0.3) is 11.0 Å². The predicted molar refractivity (Wildman–Crippen MR) is 64.6 cm³/mol. The number of fused-ring (bicyclic) bond motifs is 1. The summed E-state index contributed by atoms with van der Waals surface area (Å²) >= 11 is 0. The standard InChI is InChI=1S/C13H11F4N3/c1-2-5-20-10-4-3-8(7-18)6-9(10)19-12(20)13(16,17)11(14)15/h3-4,6,11H,2,5H2,1H3. The van der Waals surface area contributed by atoms with Gasteiger partial charge in [0.25, 0.3) is 0 Å². The van der Waals surface area contributed by atoms with Gasteiger partial charge in [-0.05, 0) is 24.6 Å². The third-order valence-corrected chi connectivity index (χ3v) is 2.90. The van der Waals surface area contributed by atoms with E-state index in [0.717, 1.165) is 4.57 Å². The maximum atomic E-state index is 13.6. The second kappa shape index (κ2) is 5.12. The van der Waals surface area contributed by atoms with E-state index in [-0.39, 0.29) is 17.6 Å². The largest absolute Gasteiger partial charge is 0.364 e. The van der Waals surface area contributed by atoms with E-state index in [4.69, 9.17) is 5.26 Å². The Balaban J connectivity index is 2.70. The molecule has 20 heavy (non-hydrogen) atoms. The smallest absolute Gasteiger partial charge is 0.323 e. The Kier molecular flexibility index (Phi) is 3.66.